The maximum atomic E-state index is 12.5. The minimum atomic E-state index is -3.80. The molecular weight excluding hydrogens is 316 g/mol. The number of H-pyrrole nitrogens is 1. The van der Waals surface area contributed by atoms with E-state index < -0.39 is 10.0 Å². The van der Waals surface area contributed by atoms with E-state index >= 15 is 0 Å². The monoisotopic (exact) mass is 336 g/mol. The summed E-state index contributed by atoms with van der Waals surface area (Å²) in [5.41, 5.74) is 2.38. The summed E-state index contributed by atoms with van der Waals surface area (Å²) in [7, 11) is -2.38. The lowest BCUT2D eigenvalue weighted by Gasteiger charge is -2.12. The van der Waals surface area contributed by atoms with Gasteiger partial charge >= 0.3 is 0 Å². The first kappa shape index (κ1) is 17.2. The van der Waals surface area contributed by atoms with Gasteiger partial charge in [0.15, 0.2) is 0 Å². The van der Waals surface area contributed by atoms with E-state index in [0.29, 0.717) is 5.56 Å². The van der Waals surface area contributed by atoms with E-state index in [4.69, 9.17) is 4.74 Å². The minimum Gasteiger partial charge on any atom is -0.495 e. The molecule has 7 heteroatoms. The molecule has 6 nitrogen and oxygen atoms in total. The third-order valence-electron chi connectivity index (χ3n) is 3.54. The van der Waals surface area contributed by atoms with Crippen molar-refractivity contribution >= 4 is 10.0 Å². The fourth-order valence-corrected chi connectivity index (χ4v) is 3.59. The van der Waals surface area contributed by atoms with Crippen molar-refractivity contribution < 1.29 is 13.2 Å². The van der Waals surface area contributed by atoms with E-state index in [1.807, 2.05) is 0 Å². The van der Waals surface area contributed by atoms with Gasteiger partial charge in [-0.25, -0.2) is 13.1 Å². The number of hydrogen-bond donors (Lipinski definition) is 2. The van der Waals surface area contributed by atoms with Crippen molar-refractivity contribution in [3.63, 3.8) is 0 Å². The van der Waals surface area contributed by atoms with Gasteiger partial charge in [0, 0.05) is 17.8 Å². The van der Waals surface area contributed by atoms with Crippen LogP contribution in [0, 0.1) is 20.8 Å². The molecule has 0 unspecified atom stereocenters. The molecule has 2 N–H and O–H groups in total. The Kier molecular flexibility index (Phi) is 4.91. The molecule has 0 bridgehead atoms. The molecular formula is C16H20N2O4S. The van der Waals surface area contributed by atoms with Crippen LogP contribution < -0.4 is 15.0 Å². The molecule has 0 radical (unpaired) electrons. The number of aromatic amines is 1. The molecule has 0 aliphatic rings. The van der Waals surface area contributed by atoms with Gasteiger partial charge in [0.25, 0.3) is 5.56 Å². The van der Waals surface area contributed by atoms with Crippen LogP contribution in [0.5, 0.6) is 5.75 Å². The molecule has 2 rings (SSSR count). The van der Waals surface area contributed by atoms with E-state index in [2.05, 4.69) is 9.71 Å². The van der Waals surface area contributed by atoms with Gasteiger partial charge in [0.1, 0.15) is 10.6 Å². The Labute approximate surface area is 135 Å². The fourth-order valence-electron chi connectivity index (χ4n) is 2.34. The zero-order chi connectivity index (χ0) is 17.2. The van der Waals surface area contributed by atoms with Gasteiger partial charge in [-0.15, -0.1) is 0 Å². The van der Waals surface area contributed by atoms with Gasteiger partial charge < -0.3 is 9.72 Å². The molecule has 0 fully saturated rings. The Morgan fingerprint density at radius 1 is 1.17 bits per heavy atom. The molecule has 23 heavy (non-hydrogen) atoms. The molecule has 1 aromatic heterocycles. The number of sulfonamides is 1. The van der Waals surface area contributed by atoms with Crippen LogP contribution >= 0.6 is 0 Å². The van der Waals surface area contributed by atoms with Crippen molar-refractivity contribution in [1.29, 1.82) is 0 Å². The molecule has 1 heterocycles. The van der Waals surface area contributed by atoms with E-state index in [1.165, 1.54) is 13.2 Å². The highest BCUT2D eigenvalue weighted by Crippen LogP contribution is 2.24. The van der Waals surface area contributed by atoms with Crippen LogP contribution in [0.15, 0.2) is 34.0 Å². The van der Waals surface area contributed by atoms with Crippen LogP contribution in [-0.4, -0.2) is 20.5 Å². The molecule has 124 valence electrons. The first-order valence-electron chi connectivity index (χ1n) is 7.08. The van der Waals surface area contributed by atoms with Crippen molar-refractivity contribution in [1.82, 2.24) is 9.71 Å². The predicted molar refractivity (Wildman–Crippen MR) is 88.3 cm³/mol. The van der Waals surface area contributed by atoms with E-state index in [0.717, 1.165) is 16.8 Å². The third-order valence-corrected chi connectivity index (χ3v) is 4.96. The van der Waals surface area contributed by atoms with Crippen LogP contribution in [0.2, 0.25) is 0 Å². The van der Waals surface area contributed by atoms with E-state index in [1.54, 1.807) is 39.0 Å². The van der Waals surface area contributed by atoms with E-state index in [-0.39, 0.29) is 22.7 Å². The molecule has 2 aromatic rings. The quantitative estimate of drug-likeness (QED) is 0.871. The molecule has 0 saturated heterocycles. The molecule has 0 spiro atoms. The summed E-state index contributed by atoms with van der Waals surface area (Å²) in [6.07, 6.45) is 0. The maximum absolute atomic E-state index is 12.5. The Hall–Kier alpha value is -2.12. The topological polar surface area (TPSA) is 88.3 Å². The summed E-state index contributed by atoms with van der Waals surface area (Å²) in [5, 5.41) is 0. The lowest BCUT2D eigenvalue weighted by atomic mass is 10.1. The first-order chi connectivity index (χ1) is 10.7. The number of rotatable bonds is 5. The SMILES string of the molecule is COc1ccc(C)cc1S(=O)(=O)NCc1c(C)cc(C)[nH]c1=O. The smallest absolute Gasteiger partial charge is 0.252 e. The number of hydrogen-bond acceptors (Lipinski definition) is 4. The number of aromatic nitrogens is 1. The van der Waals surface area contributed by atoms with Crippen molar-refractivity contribution in [3.05, 3.63) is 57.0 Å². The summed E-state index contributed by atoms with van der Waals surface area (Å²) >= 11 is 0. The van der Waals surface area contributed by atoms with Crippen molar-refractivity contribution in [2.75, 3.05) is 7.11 Å². The number of methoxy groups -OCH3 is 1. The lowest BCUT2D eigenvalue weighted by molar-refractivity contribution is 0.402. The van der Waals surface area contributed by atoms with Gasteiger partial charge in [-0.2, -0.15) is 0 Å². The number of nitrogens with one attached hydrogen (secondary N) is 2. The van der Waals surface area contributed by atoms with Crippen molar-refractivity contribution in [3.8, 4) is 5.75 Å². The van der Waals surface area contributed by atoms with Crippen molar-refractivity contribution in [2.24, 2.45) is 0 Å². The van der Waals surface area contributed by atoms with Crippen LogP contribution in [-0.2, 0) is 16.6 Å². The highest BCUT2D eigenvalue weighted by Gasteiger charge is 2.20. The molecule has 1 aromatic carbocycles. The summed E-state index contributed by atoms with van der Waals surface area (Å²) in [5.74, 6) is 0.262. The van der Waals surface area contributed by atoms with Gasteiger partial charge in [0.05, 0.1) is 7.11 Å². The molecule has 0 aliphatic heterocycles. The zero-order valence-corrected chi connectivity index (χ0v) is 14.4. The molecule has 0 atom stereocenters. The first-order valence-corrected chi connectivity index (χ1v) is 8.56. The summed E-state index contributed by atoms with van der Waals surface area (Å²) in [4.78, 5) is 14.7. The Morgan fingerprint density at radius 3 is 2.48 bits per heavy atom. The lowest BCUT2D eigenvalue weighted by Crippen LogP contribution is -2.28. The standard InChI is InChI=1S/C16H20N2O4S/c1-10-5-6-14(22-4)15(7-10)23(20,21)17-9-13-11(2)8-12(3)18-16(13)19/h5-8,17H,9H2,1-4H3,(H,18,19). The average Bonchev–Trinajstić information content (AvgIpc) is 2.46. The van der Waals surface area contributed by atoms with Crippen LogP contribution in [0.1, 0.15) is 22.4 Å². The minimum absolute atomic E-state index is 0.0567. The molecule has 0 aliphatic carbocycles. The second-order valence-corrected chi connectivity index (χ2v) is 7.16. The van der Waals surface area contributed by atoms with Crippen LogP contribution in [0.4, 0.5) is 0 Å². The largest absolute Gasteiger partial charge is 0.495 e. The molecule has 0 saturated carbocycles. The summed E-state index contributed by atoms with van der Waals surface area (Å²) < 4.78 is 32.6. The number of pyridine rings is 1. The second-order valence-electron chi connectivity index (χ2n) is 5.42. The highest BCUT2D eigenvalue weighted by atomic mass is 32.2. The normalized spacial score (nSPS) is 11.5. The number of benzene rings is 1. The molecule has 0 amide bonds. The summed E-state index contributed by atoms with van der Waals surface area (Å²) in [6.45, 7) is 5.27. The second kappa shape index (κ2) is 6.55. The zero-order valence-electron chi connectivity index (χ0n) is 13.6. The highest BCUT2D eigenvalue weighted by molar-refractivity contribution is 7.89. The van der Waals surface area contributed by atoms with Crippen LogP contribution in [0.25, 0.3) is 0 Å². The van der Waals surface area contributed by atoms with Gasteiger partial charge in [0.2, 0.25) is 10.0 Å². The average molecular weight is 336 g/mol. The Bertz CT molecular complexity index is 885. The van der Waals surface area contributed by atoms with Gasteiger partial charge in [-0.05, 0) is 50.1 Å². The van der Waals surface area contributed by atoms with Gasteiger partial charge in [-0.1, -0.05) is 6.07 Å². The predicted octanol–water partition coefficient (Wildman–Crippen LogP) is 1.79. The number of aryl methyl sites for hydroxylation is 3. The van der Waals surface area contributed by atoms with E-state index in [9.17, 15) is 13.2 Å². The van der Waals surface area contributed by atoms with Crippen molar-refractivity contribution in [2.45, 2.75) is 32.2 Å². The fraction of sp³-hybridized carbons (Fsp3) is 0.312. The van der Waals surface area contributed by atoms with Crippen LogP contribution in [0.3, 0.4) is 0 Å². The Balaban J connectivity index is 2.34. The maximum Gasteiger partial charge on any atom is 0.252 e. The van der Waals surface area contributed by atoms with Gasteiger partial charge in [-0.3, -0.25) is 4.79 Å². The number of ether oxygens (including phenoxy) is 1. The third kappa shape index (κ3) is 3.80. The summed E-state index contributed by atoms with van der Waals surface area (Å²) in [6, 6.07) is 6.71. The Morgan fingerprint density at radius 2 is 1.87 bits per heavy atom.